The molecule has 4 rings (SSSR count). The summed E-state index contributed by atoms with van der Waals surface area (Å²) >= 11 is 4.34. The summed E-state index contributed by atoms with van der Waals surface area (Å²) in [5.41, 5.74) is 1.60. The van der Waals surface area contributed by atoms with Crippen LogP contribution in [-0.2, 0) is 20.9 Å². The van der Waals surface area contributed by atoms with Crippen LogP contribution in [0, 0.1) is 12.3 Å². The Morgan fingerprint density at radius 2 is 2.26 bits per heavy atom. The van der Waals surface area contributed by atoms with Crippen molar-refractivity contribution in [3.8, 4) is 12.3 Å². The smallest absolute Gasteiger partial charge is 0.294 e. The number of terminal acetylenes is 1. The van der Waals surface area contributed by atoms with E-state index in [4.69, 9.17) is 11.2 Å². The summed E-state index contributed by atoms with van der Waals surface area (Å²) in [6.07, 6.45) is 10.8. The van der Waals surface area contributed by atoms with Gasteiger partial charge in [-0.15, -0.1) is 6.42 Å². The molecule has 2 saturated heterocycles. The van der Waals surface area contributed by atoms with Crippen molar-refractivity contribution in [2.24, 2.45) is 0 Å². The summed E-state index contributed by atoms with van der Waals surface area (Å²) in [4.78, 5) is 38.5. The number of amides is 3. The van der Waals surface area contributed by atoms with Gasteiger partial charge in [0.2, 0.25) is 5.91 Å². The monoisotopic (exact) mass is 501 g/mol. The van der Waals surface area contributed by atoms with Crippen molar-refractivity contribution in [2.45, 2.75) is 25.5 Å². The van der Waals surface area contributed by atoms with Crippen molar-refractivity contribution in [3.05, 3.63) is 39.3 Å². The van der Waals surface area contributed by atoms with Crippen LogP contribution in [0.25, 0.3) is 17.0 Å². The fourth-order valence-corrected chi connectivity index (χ4v) is 4.85. The van der Waals surface area contributed by atoms with Crippen molar-refractivity contribution < 1.29 is 19.1 Å². The van der Waals surface area contributed by atoms with E-state index >= 15 is 0 Å². The maximum atomic E-state index is 12.5. The van der Waals surface area contributed by atoms with Crippen molar-refractivity contribution in [3.63, 3.8) is 0 Å². The molecule has 0 spiro atoms. The van der Waals surface area contributed by atoms with E-state index in [1.165, 1.54) is 0 Å². The topological polar surface area (TPSA) is 80.6 Å². The third kappa shape index (κ3) is 4.71. The Bertz CT molecular complexity index is 1130. The highest BCUT2D eigenvalue weighted by molar-refractivity contribution is 9.10. The van der Waals surface area contributed by atoms with Gasteiger partial charge in [0.25, 0.3) is 11.1 Å². The van der Waals surface area contributed by atoms with Gasteiger partial charge in [-0.05, 0) is 48.9 Å². The molecule has 9 heteroatoms. The van der Waals surface area contributed by atoms with Gasteiger partial charge in [-0.3, -0.25) is 19.3 Å². The number of carbonyl (C=O) groups excluding carboxylic acids is 3. The fourth-order valence-electron chi connectivity index (χ4n) is 3.66. The highest BCUT2D eigenvalue weighted by Crippen LogP contribution is 2.34. The maximum absolute atomic E-state index is 12.5. The van der Waals surface area contributed by atoms with Crippen LogP contribution in [0.15, 0.2) is 33.8 Å². The molecule has 1 aromatic carbocycles. The number of ether oxygens (including phenoxy) is 1. The lowest BCUT2D eigenvalue weighted by molar-refractivity contribution is -0.123. The Hall–Kier alpha value is -2.54. The van der Waals surface area contributed by atoms with Crippen LogP contribution in [0.1, 0.15) is 18.4 Å². The van der Waals surface area contributed by atoms with Crippen LogP contribution in [0.4, 0.5) is 4.79 Å². The van der Waals surface area contributed by atoms with Crippen LogP contribution < -0.4 is 5.32 Å². The molecule has 0 radical (unpaired) electrons. The molecule has 1 aromatic heterocycles. The van der Waals surface area contributed by atoms with E-state index in [0.29, 0.717) is 11.4 Å². The number of benzene rings is 1. The van der Waals surface area contributed by atoms with Crippen LogP contribution in [0.5, 0.6) is 0 Å². The van der Waals surface area contributed by atoms with E-state index < -0.39 is 5.91 Å². The Labute approximate surface area is 192 Å². The lowest BCUT2D eigenvalue weighted by Gasteiger charge is -2.11. The Morgan fingerprint density at radius 3 is 3.00 bits per heavy atom. The SMILES string of the molecule is C#CCN1C(=O)S/C(=C\c2cn(CC(=O)NC[C@@H]3CCCO3)c3ccc(Br)cc23)C1=O. The van der Waals surface area contributed by atoms with Gasteiger partial charge in [0, 0.05) is 40.3 Å². The molecule has 0 saturated carbocycles. The summed E-state index contributed by atoms with van der Waals surface area (Å²) in [5, 5.41) is 3.41. The van der Waals surface area contributed by atoms with Crippen LogP contribution in [-0.4, -0.2) is 52.3 Å². The van der Waals surface area contributed by atoms with E-state index in [2.05, 4.69) is 27.2 Å². The number of carbonyl (C=O) groups is 3. The minimum absolute atomic E-state index is 0.0554. The minimum atomic E-state index is -0.404. The molecule has 2 fully saturated rings. The molecule has 2 aliphatic heterocycles. The van der Waals surface area contributed by atoms with Gasteiger partial charge in [-0.2, -0.15) is 0 Å². The standard InChI is InChI=1S/C22H20BrN3O4S/c1-2-7-26-21(28)19(31-22(26)29)9-14-12-25(18-6-5-15(23)10-17(14)18)13-20(27)24-11-16-4-3-8-30-16/h1,5-6,9-10,12,16H,3-4,7-8,11,13H2,(H,24,27)/b19-9-/t16-/m0/s1. The average Bonchev–Trinajstić information content (AvgIpc) is 3.43. The lowest BCUT2D eigenvalue weighted by atomic mass is 10.1. The Balaban J connectivity index is 1.59. The van der Waals surface area contributed by atoms with E-state index in [1.54, 1.807) is 6.08 Å². The minimum Gasteiger partial charge on any atom is -0.376 e. The predicted octanol–water partition coefficient (Wildman–Crippen LogP) is 3.37. The number of nitrogens with one attached hydrogen (secondary N) is 1. The first-order chi connectivity index (χ1) is 15.0. The summed E-state index contributed by atoms with van der Waals surface area (Å²) in [5.74, 6) is 1.81. The first-order valence-corrected chi connectivity index (χ1v) is 11.4. The number of hydrogen-bond donors (Lipinski definition) is 1. The van der Waals surface area contributed by atoms with Crippen molar-refractivity contribution in [1.82, 2.24) is 14.8 Å². The molecule has 7 nitrogen and oxygen atoms in total. The van der Waals surface area contributed by atoms with E-state index in [-0.39, 0.29) is 30.3 Å². The highest BCUT2D eigenvalue weighted by Gasteiger charge is 2.34. The van der Waals surface area contributed by atoms with E-state index in [9.17, 15) is 14.4 Å². The molecule has 2 aliphatic rings. The molecule has 3 amide bonds. The molecule has 2 aromatic rings. The number of aromatic nitrogens is 1. The molecule has 160 valence electrons. The first-order valence-electron chi connectivity index (χ1n) is 9.82. The lowest BCUT2D eigenvalue weighted by Crippen LogP contribution is -2.34. The zero-order chi connectivity index (χ0) is 22.0. The second-order valence-corrected chi connectivity index (χ2v) is 9.19. The Morgan fingerprint density at radius 1 is 1.42 bits per heavy atom. The van der Waals surface area contributed by atoms with Gasteiger partial charge < -0.3 is 14.6 Å². The number of imide groups is 1. The molecule has 31 heavy (non-hydrogen) atoms. The maximum Gasteiger partial charge on any atom is 0.294 e. The second kappa shape index (κ2) is 9.30. The largest absolute Gasteiger partial charge is 0.376 e. The average molecular weight is 502 g/mol. The fraction of sp³-hybridized carbons (Fsp3) is 0.318. The summed E-state index contributed by atoms with van der Waals surface area (Å²) in [6, 6.07) is 5.73. The first kappa shape index (κ1) is 21.7. The normalized spacial score (nSPS) is 20.1. The molecule has 0 bridgehead atoms. The highest BCUT2D eigenvalue weighted by atomic mass is 79.9. The van der Waals surface area contributed by atoms with Gasteiger partial charge in [-0.1, -0.05) is 21.9 Å². The number of halogens is 1. The number of fused-ring (bicyclic) bond motifs is 1. The molecular formula is C22H20BrN3O4S. The third-order valence-corrected chi connectivity index (χ3v) is 6.55. The van der Waals surface area contributed by atoms with Crippen molar-refractivity contribution in [2.75, 3.05) is 19.7 Å². The number of hydrogen-bond acceptors (Lipinski definition) is 5. The molecule has 3 heterocycles. The molecule has 1 N–H and O–H groups in total. The molecular weight excluding hydrogens is 482 g/mol. The predicted molar refractivity (Wildman–Crippen MR) is 123 cm³/mol. The van der Waals surface area contributed by atoms with Gasteiger partial charge >= 0.3 is 0 Å². The van der Waals surface area contributed by atoms with Gasteiger partial charge in [0.15, 0.2) is 0 Å². The zero-order valence-electron chi connectivity index (χ0n) is 16.6. The number of rotatable bonds is 6. The third-order valence-electron chi connectivity index (χ3n) is 5.15. The molecule has 1 atom stereocenters. The van der Waals surface area contributed by atoms with Crippen LogP contribution in [0.3, 0.4) is 0 Å². The summed E-state index contributed by atoms with van der Waals surface area (Å²) in [7, 11) is 0. The Kier molecular flexibility index (Phi) is 6.51. The summed E-state index contributed by atoms with van der Waals surface area (Å²) < 4.78 is 8.26. The molecule has 0 aliphatic carbocycles. The van der Waals surface area contributed by atoms with E-state index in [1.807, 2.05) is 29.0 Å². The quantitative estimate of drug-likeness (QED) is 0.484. The molecule has 0 unspecified atom stereocenters. The number of nitrogens with zero attached hydrogens (tertiary/aromatic N) is 2. The zero-order valence-corrected chi connectivity index (χ0v) is 19.0. The van der Waals surface area contributed by atoms with Gasteiger partial charge in [0.1, 0.15) is 6.54 Å². The number of thioether (sulfide) groups is 1. The van der Waals surface area contributed by atoms with Crippen LogP contribution in [0.2, 0.25) is 0 Å². The van der Waals surface area contributed by atoms with E-state index in [0.717, 1.165) is 57.0 Å². The van der Waals surface area contributed by atoms with Gasteiger partial charge in [0.05, 0.1) is 17.6 Å². The second-order valence-electron chi connectivity index (χ2n) is 7.28. The van der Waals surface area contributed by atoms with Crippen LogP contribution >= 0.6 is 27.7 Å². The van der Waals surface area contributed by atoms with Crippen molar-refractivity contribution in [1.29, 1.82) is 0 Å². The van der Waals surface area contributed by atoms with Gasteiger partial charge in [-0.25, -0.2) is 0 Å². The van der Waals surface area contributed by atoms with Crippen molar-refractivity contribution >= 4 is 61.7 Å². The summed E-state index contributed by atoms with van der Waals surface area (Å²) in [6.45, 7) is 1.32.